The first kappa shape index (κ1) is 24.8. The van der Waals surface area contributed by atoms with E-state index in [1.54, 1.807) is 68.8 Å². The molecule has 0 saturated heterocycles. The minimum absolute atomic E-state index is 0.276. The molecule has 0 aliphatic carbocycles. The van der Waals surface area contributed by atoms with Crippen LogP contribution in [-0.2, 0) is 9.53 Å². The van der Waals surface area contributed by atoms with E-state index in [2.05, 4.69) is 10.3 Å². The predicted molar refractivity (Wildman–Crippen MR) is 137 cm³/mol. The Bertz CT molecular complexity index is 1440. The second kappa shape index (κ2) is 11.0. The highest BCUT2D eigenvalue weighted by Crippen LogP contribution is 2.33. The van der Waals surface area contributed by atoms with E-state index in [4.69, 9.17) is 30.5 Å². The Morgan fingerprint density at radius 1 is 0.861 bits per heavy atom. The van der Waals surface area contributed by atoms with Gasteiger partial charge in [-0.15, -0.1) is 0 Å². The SMILES string of the molecule is COc1ccc(Cl)cc1NC(=O)COC(=O)c1cc(-c2ccc(OC)c(OC)c2)nc2ccccc12. The number of pyridine rings is 1. The fourth-order valence-corrected chi connectivity index (χ4v) is 3.83. The lowest BCUT2D eigenvalue weighted by molar-refractivity contribution is -0.119. The van der Waals surface area contributed by atoms with E-state index in [9.17, 15) is 9.59 Å². The number of nitrogens with one attached hydrogen (secondary N) is 1. The Kier molecular flexibility index (Phi) is 7.56. The van der Waals surface area contributed by atoms with Crippen LogP contribution in [0.4, 0.5) is 5.69 Å². The van der Waals surface area contributed by atoms with Gasteiger partial charge in [0, 0.05) is 16.0 Å². The zero-order valence-corrected chi connectivity index (χ0v) is 20.6. The summed E-state index contributed by atoms with van der Waals surface area (Å²) in [5.74, 6) is 0.330. The number of amides is 1. The number of carbonyl (C=O) groups excluding carboxylic acids is 2. The number of hydrogen-bond donors (Lipinski definition) is 1. The van der Waals surface area contributed by atoms with E-state index in [0.29, 0.717) is 44.6 Å². The zero-order chi connectivity index (χ0) is 25.7. The molecule has 1 heterocycles. The van der Waals surface area contributed by atoms with Crippen LogP contribution < -0.4 is 19.5 Å². The number of carbonyl (C=O) groups is 2. The first-order valence-corrected chi connectivity index (χ1v) is 11.2. The van der Waals surface area contributed by atoms with Gasteiger partial charge in [0.1, 0.15) is 5.75 Å². The van der Waals surface area contributed by atoms with E-state index >= 15 is 0 Å². The van der Waals surface area contributed by atoms with Crippen molar-refractivity contribution in [1.82, 2.24) is 4.98 Å². The van der Waals surface area contributed by atoms with Crippen LogP contribution in [-0.4, -0.2) is 44.8 Å². The van der Waals surface area contributed by atoms with Crippen LogP contribution in [0, 0.1) is 0 Å². The smallest absolute Gasteiger partial charge is 0.339 e. The van der Waals surface area contributed by atoms with E-state index in [-0.39, 0.29) is 5.56 Å². The first-order chi connectivity index (χ1) is 17.4. The minimum atomic E-state index is -0.663. The third-order valence-electron chi connectivity index (χ3n) is 5.39. The van der Waals surface area contributed by atoms with Crippen molar-refractivity contribution in [2.24, 2.45) is 0 Å². The molecular formula is C27H23ClN2O6. The van der Waals surface area contributed by atoms with Gasteiger partial charge in [-0.05, 0) is 48.5 Å². The van der Waals surface area contributed by atoms with Gasteiger partial charge in [0.15, 0.2) is 18.1 Å². The molecule has 4 rings (SSSR count). The van der Waals surface area contributed by atoms with E-state index in [1.165, 1.54) is 7.11 Å². The zero-order valence-electron chi connectivity index (χ0n) is 19.8. The molecule has 0 spiro atoms. The summed E-state index contributed by atoms with van der Waals surface area (Å²) in [5, 5.41) is 3.67. The fraction of sp³-hybridized carbons (Fsp3) is 0.148. The molecule has 36 heavy (non-hydrogen) atoms. The Morgan fingerprint density at radius 3 is 2.33 bits per heavy atom. The van der Waals surface area contributed by atoms with Crippen molar-refractivity contribution < 1.29 is 28.5 Å². The summed E-state index contributed by atoms with van der Waals surface area (Å²) >= 11 is 6.01. The summed E-state index contributed by atoms with van der Waals surface area (Å²) in [4.78, 5) is 30.3. The summed E-state index contributed by atoms with van der Waals surface area (Å²) < 4.78 is 21.3. The van der Waals surface area contributed by atoms with Gasteiger partial charge in [0.25, 0.3) is 5.91 Å². The third kappa shape index (κ3) is 5.34. The topological polar surface area (TPSA) is 96.0 Å². The van der Waals surface area contributed by atoms with Crippen LogP contribution in [0.25, 0.3) is 22.2 Å². The number of benzene rings is 3. The number of methoxy groups -OCH3 is 3. The maximum Gasteiger partial charge on any atom is 0.339 e. The van der Waals surface area contributed by atoms with Crippen LogP contribution >= 0.6 is 11.6 Å². The number of anilines is 1. The average Bonchev–Trinajstić information content (AvgIpc) is 2.90. The number of fused-ring (bicyclic) bond motifs is 1. The second-order valence-electron chi connectivity index (χ2n) is 7.61. The van der Waals surface area contributed by atoms with Crippen LogP contribution in [0.3, 0.4) is 0 Å². The predicted octanol–water partition coefficient (Wildman–Crippen LogP) is 5.38. The van der Waals surface area contributed by atoms with Crippen molar-refractivity contribution in [1.29, 1.82) is 0 Å². The molecule has 8 nitrogen and oxygen atoms in total. The number of esters is 1. The molecule has 184 valence electrons. The van der Waals surface area contributed by atoms with Crippen molar-refractivity contribution in [3.63, 3.8) is 0 Å². The molecule has 0 bridgehead atoms. The van der Waals surface area contributed by atoms with Crippen molar-refractivity contribution >= 4 is 40.1 Å². The molecule has 0 fully saturated rings. The Morgan fingerprint density at radius 2 is 1.58 bits per heavy atom. The lowest BCUT2D eigenvalue weighted by atomic mass is 10.0. The van der Waals surface area contributed by atoms with Gasteiger partial charge in [-0.1, -0.05) is 29.8 Å². The molecule has 1 aromatic heterocycles. The van der Waals surface area contributed by atoms with Crippen LogP contribution in [0.15, 0.2) is 66.7 Å². The van der Waals surface area contributed by atoms with Gasteiger partial charge in [-0.3, -0.25) is 4.79 Å². The molecule has 0 aliphatic rings. The number of rotatable bonds is 8. The Labute approximate surface area is 212 Å². The van der Waals surface area contributed by atoms with Crippen molar-refractivity contribution in [2.75, 3.05) is 33.3 Å². The van der Waals surface area contributed by atoms with Gasteiger partial charge < -0.3 is 24.3 Å². The normalized spacial score (nSPS) is 10.6. The van der Waals surface area contributed by atoms with E-state index in [1.807, 2.05) is 12.1 Å². The Hall–Kier alpha value is -4.30. The maximum atomic E-state index is 13.1. The minimum Gasteiger partial charge on any atom is -0.495 e. The van der Waals surface area contributed by atoms with E-state index in [0.717, 1.165) is 5.56 Å². The number of hydrogen-bond acceptors (Lipinski definition) is 7. The van der Waals surface area contributed by atoms with E-state index < -0.39 is 18.5 Å². The molecule has 0 aliphatic heterocycles. The highest BCUT2D eigenvalue weighted by atomic mass is 35.5. The number of halogens is 1. The molecule has 0 atom stereocenters. The van der Waals surface area contributed by atoms with Gasteiger partial charge in [0.2, 0.25) is 0 Å². The maximum absolute atomic E-state index is 13.1. The van der Waals surface area contributed by atoms with Crippen molar-refractivity contribution in [3.05, 3.63) is 77.3 Å². The quantitative estimate of drug-likeness (QED) is 0.321. The number of para-hydroxylation sites is 1. The van der Waals surface area contributed by atoms with Crippen LogP contribution in [0.1, 0.15) is 10.4 Å². The molecule has 4 aromatic rings. The molecule has 0 saturated carbocycles. The number of nitrogens with zero attached hydrogens (tertiary/aromatic N) is 1. The molecule has 0 radical (unpaired) electrons. The highest BCUT2D eigenvalue weighted by Gasteiger charge is 2.18. The molecule has 1 amide bonds. The average molecular weight is 507 g/mol. The summed E-state index contributed by atoms with van der Waals surface area (Å²) in [6.45, 7) is -0.503. The largest absolute Gasteiger partial charge is 0.495 e. The second-order valence-corrected chi connectivity index (χ2v) is 8.05. The lowest BCUT2D eigenvalue weighted by Gasteiger charge is -2.13. The van der Waals surface area contributed by atoms with Crippen molar-refractivity contribution in [3.8, 4) is 28.5 Å². The molecule has 9 heteroatoms. The van der Waals surface area contributed by atoms with Crippen LogP contribution in [0.2, 0.25) is 5.02 Å². The standard InChI is InChI=1S/C27H23ClN2O6/c1-33-23-11-9-17(28)13-22(23)30-26(31)15-36-27(32)19-14-21(29-20-7-5-4-6-18(19)20)16-8-10-24(34-2)25(12-16)35-3/h4-14H,15H2,1-3H3,(H,30,31). The monoisotopic (exact) mass is 506 g/mol. The van der Waals surface area contributed by atoms with Crippen molar-refractivity contribution in [2.45, 2.75) is 0 Å². The van der Waals surface area contributed by atoms with Gasteiger partial charge in [0.05, 0.1) is 43.8 Å². The Balaban J connectivity index is 1.59. The van der Waals surface area contributed by atoms with Gasteiger partial charge in [-0.25, -0.2) is 9.78 Å². The first-order valence-electron chi connectivity index (χ1n) is 10.9. The molecule has 0 unspecified atom stereocenters. The molecule has 3 aromatic carbocycles. The third-order valence-corrected chi connectivity index (χ3v) is 5.62. The summed E-state index contributed by atoms with van der Waals surface area (Å²) in [5.41, 5.74) is 2.51. The summed E-state index contributed by atoms with van der Waals surface area (Å²) in [6.07, 6.45) is 0. The molecule has 1 N–H and O–H groups in total. The highest BCUT2D eigenvalue weighted by molar-refractivity contribution is 6.31. The molecular weight excluding hydrogens is 484 g/mol. The van der Waals surface area contributed by atoms with Crippen LogP contribution in [0.5, 0.6) is 17.2 Å². The summed E-state index contributed by atoms with van der Waals surface area (Å²) in [6, 6.07) is 19.0. The number of aromatic nitrogens is 1. The fourth-order valence-electron chi connectivity index (χ4n) is 3.66. The number of ether oxygens (including phenoxy) is 4. The van der Waals surface area contributed by atoms with Gasteiger partial charge >= 0.3 is 5.97 Å². The summed E-state index contributed by atoms with van der Waals surface area (Å²) in [7, 11) is 4.57. The van der Waals surface area contributed by atoms with Gasteiger partial charge in [-0.2, -0.15) is 0 Å². The lowest BCUT2D eigenvalue weighted by Crippen LogP contribution is -2.21.